The molecule has 0 bridgehead atoms. The highest BCUT2D eigenvalue weighted by molar-refractivity contribution is 7.15. The zero-order valence-electron chi connectivity index (χ0n) is 12.1. The van der Waals surface area contributed by atoms with Crippen LogP contribution in [0.25, 0.3) is 10.6 Å². The lowest BCUT2D eigenvalue weighted by molar-refractivity contribution is 0.0524. The van der Waals surface area contributed by atoms with Crippen molar-refractivity contribution in [2.24, 2.45) is 0 Å². The minimum Gasteiger partial charge on any atom is -0.444 e. The molecule has 1 amide bonds. The summed E-state index contributed by atoms with van der Waals surface area (Å²) >= 11 is 1.45. The molecule has 4 nitrogen and oxygen atoms in total. The molecule has 1 aromatic heterocycles. The normalized spacial score (nSPS) is 11.2. The molecule has 0 saturated heterocycles. The maximum atomic E-state index is 12.9. The minimum absolute atomic E-state index is 0.276. The number of thiazole rings is 1. The molecule has 0 unspecified atom stereocenters. The summed E-state index contributed by atoms with van der Waals surface area (Å²) in [6.07, 6.45) is 1.24. The van der Waals surface area contributed by atoms with E-state index in [1.807, 2.05) is 20.8 Å². The summed E-state index contributed by atoms with van der Waals surface area (Å²) in [5, 5.41) is 3.47. The van der Waals surface area contributed by atoms with Gasteiger partial charge in [-0.1, -0.05) is 0 Å². The Morgan fingerprint density at radius 3 is 2.62 bits per heavy atom. The molecule has 1 aromatic carbocycles. The zero-order valence-corrected chi connectivity index (χ0v) is 13.0. The first-order valence-corrected chi connectivity index (χ1v) is 7.33. The number of benzene rings is 1. The molecule has 0 aliphatic rings. The Kier molecular flexibility index (Phi) is 4.57. The summed E-state index contributed by atoms with van der Waals surface area (Å²) < 4.78 is 18.0. The van der Waals surface area contributed by atoms with E-state index in [0.29, 0.717) is 6.54 Å². The second kappa shape index (κ2) is 6.22. The van der Waals surface area contributed by atoms with Crippen LogP contribution in [0.4, 0.5) is 9.18 Å². The van der Waals surface area contributed by atoms with Crippen LogP contribution in [0.1, 0.15) is 25.6 Å². The topological polar surface area (TPSA) is 51.2 Å². The average molecular weight is 308 g/mol. The first kappa shape index (κ1) is 15.4. The fraction of sp³-hybridized carbons (Fsp3) is 0.333. The average Bonchev–Trinajstić information content (AvgIpc) is 2.84. The fourth-order valence-electron chi connectivity index (χ4n) is 1.59. The molecular formula is C15H17FN2O2S. The number of carbonyl (C=O) groups is 1. The largest absolute Gasteiger partial charge is 0.444 e. The molecule has 21 heavy (non-hydrogen) atoms. The van der Waals surface area contributed by atoms with Crippen LogP contribution in [0.5, 0.6) is 0 Å². The molecule has 2 aromatic rings. The van der Waals surface area contributed by atoms with Gasteiger partial charge in [0.05, 0.1) is 6.54 Å². The molecule has 112 valence electrons. The third-order valence-corrected chi connectivity index (χ3v) is 3.50. The van der Waals surface area contributed by atoms with E-state index in [1.165, 1.54) is 23.5 Å². The number of alkyl carbamates (subject to hydrolysis) is 1. The number of ether oxygens (including phenoxy) is 1. The van der Waals surface area contributed by atoms with Crippen molar-refractivity contribution in [3.63, 3.8) is 0 Å². The third kappa shape index (κ3) is 4.82. The van der Waals surface area contributed by atoms with E-state index in [9.17, 15) is 9.18 Å². The van der Waals surface area contributed by atoms with Gasteiger partial charge in [-0.05, 0) is 45.0 Å². The van der Waals surface area contributed by atoms with Gasteiger partial charge in [-0.3, -0.25) is 0 Å². The summed E-state index contributed by atoms with van der Waals surface area (Å²) in [5.41, 5.74) is 0.335. The standard InChI is InChI=1S/C15H17FN2O2S/c1-15(2,3)20-14(19)18-9-12-8-17-13(21-12)10-4-6-11(16)7-5-10/h4-8H,9H2,1-3H3,(H,18,19). The molecule has 0 aliphatic carbocycles. The molecule has 0 saturated carbocycles. The molecule has 6 heteroatoms. The first-order chi connectivity index (χ1) is 9.83. The van der Waals surface area contributed by atoms with Crippen LogP contribution in [-0.2, 0) is 11.3 Å². The fourth-order valence-corrected chi connectivity index (χ4v) is 2.45. The van der Waals surface area contributed by atoms with Crippen molar-refractivity contribution >= 4 is 17.4 Å². The van der Waals surface area contributed by atoms with Crippen molar-refractivity contribution < 1.29 is 13.9 Å². The van der Waals surface area contributed by atoms with Gasteiger partial charge in [-0.15, -0.1) is 11.3 Å². The zero-order chi connectivity index (χ0) is 15.5. The number of nitrogens with one attached hydrogen (secondary N) is 1. The van der Waals surface area contributed by atoms with Gasteiger partial charge < -0.3 is 10.1 Å². The van der Waals surface area contributed by atoms with Crippen molar-refractivity contribution in [1.29, 1.82) is 0 Å². The van der Waals surface area contributed by atoms with Crippen molar-refractivity contribution in [3.05, 3.63) is 41.2 Å². The Bertz CT molecular complexity index is 617. The van der Waals surface area contributed by atoms with Crippen LogP contribution in [0.15, 0.2) is 30.5 Å². The maximum Gasteiger partial charge on any atom is 0.407 e. The van der Waals surface area contributed by atoms with Gasteiger partial charge in [0, 0.05) is 16.6 Å². The molecule has 1 heterocycles. The lowest BCUT2D eigenvalue weighted by atomic mass is 10.2. The summed E-state index contributed by atoms with van der Waals surface area (Å²) in [7, 11) is 0. The van der Waals surface area contributed by atoms with Crippen LogP contribution < -0.4 is 5.32 Å². The summed E-state index contributed by atoms with van der Waals surface area (Å²) in [4.78, 5) is 16.7. The van der Waals surface area contributed by atoms with Crippen LogP contribution in [0, 0.1) is 5.82 Å². The number of amides is 1. The Morgan fingerprint density at radius 2 is 2.00 bits per heavy atom. The van der Waals surface area contributed by atoms with E-state index in [4.69, 9.17) is 4.74 Å². The highest BCUT2D eigenvalue weighted by Gasteiger charge is 2.16. The van der Waals surface area contributed by atoms with Crippen molar-refractivity contribution in [3.8, 4) is 10.6 Å². The Labute approximate surface area is 127 Å². The molecule has 0 spiro atoms. The lowest BCUT2D eigenvalue weighted by Crippen LogP contribution is -2.31. The summed E-state index contributed by atoms with van der Waals surface area (Å²) in [5.74, 6) is -0.276. The highest BCUT2D eigenvalue weighted by Crippen LogP contribution is 2.25. The molecule has 0 fully saturated rings. The molecule has 0 aliphatic heterocycles. The Hall–Kier alpha value is -1.95. The van der Waals surface area contributed by atoms with Crippen LogP contribution in [0.3, 0.4) is 0 Å². The van der Waals surface area contributed by atoms with Gasteiger partial charge in [0.1, 0.15) is 16.4 Å². The number of hydrogen-bond acceptors (Lipinski definition) is 4. The molecule has 0 atom stereocenters. The van der Waals surface area contributed by atoms with Gasteiger partial charge in [-0.2, -0.15) is 0 Å². The van der Waals surface area contributed by atoms with E-state index in [1.54, 1.807) is 18.3 Å². The molecule has 1 N–H and O–H groups in total. The van der Waals surface area contributed by atoms with E-state index < -0.39 is 11.7 Å². The van der Waals surface area contributed by atoms with E-state index in [0.717, 1.165) is 15.4 Å². The molecular weight excluding hydrogens is 291 g/mol. The van der Waals surface area contributed by atoms with E-state index >= 15 is 0 Å². The van der Waals surface area contributed by atoms with Gasteiger partial charge >= 0.3 is 6.09 Å². The number of hydrogen-bond donors (Lipinski definition) is 1. The van der Waals surface area contributed by atoms with E-state index in [-0.39, 0.29) is 5.82 Å². The Balaban J connectivity index is 1.94. The predicted octanol–water partition coefficient (Wildman–Crippen LogP) is 3.97. The molecule has 2 rings (SSSR count). The SMILES string of the molecule is CC(C)(C)OC(=O)NCc1cnc(-c2ccc(F)cc2)s1. The second-order valence-corrected chi connectivity index (χ2v) is 6.61. The maximum absolute atomic E-state index is 12.9. The lowest BCUT2D eigenvalue weighted by Gasteiger charge is -2.19. The number of aromatic nitrogens is 1. The highest BCUT2D eigenvalue weighted by atomic mass is 32.1. The van der Waals surface area contributed by atoms with Gasteiger partial charge in [0.25, 0.3) is 0 Å². The van der Waals surface area contributed by atoms with Crippen molar-refractivity contribution in [1.82, 2.24) is 10.3 Å². The van der Waals surface area contributed by atoms with Gasteiger partial charge in [0.2, 0.25) is 0 Å². The van der Waals surface area contributed by atoms with Crippen LogP contribution in [-0.4, -0.2) is 16.7 Å². The van der Waals surface area contributed by atoms with Gasteiger partial charge in [-0.25, -0.2) is 14.2 Å². The van der Waals surface area contributed by atoms with Crippen LogP contribution >= 0.6 is 11.3 Å². The van der Waals surface area contributed by atoms with Gasteiger partial charge in [0.15, 0.2) is 0 Å². The number of halogens is 1. The number of carbonyl (C=O) groups excluding carboxylic acids is 1. The first-order valence-electron chi connectivity index (χ1n) is 6.51. The molecule has 0 radical (unpaired) electrons. The Morgan fingerprint density at radius 1 is 1.33 bits per heavy atom. The monoisotopic (exact) mass is 308 g/mol. The number of rotatable bonds is 3. The quantitative estimate of drug-likeness (QED) is 0.933. The van der Waals surface area contributed by atoms with E-state index in [2.05, 4.69) is 10.3 Å². The third-order valence-electron chi connectivity index (χ3n) is 2.45. The summed E-state index contributed by atoms with van der Waals surface area (Å²) in [6.45, 7) is 5.79. The van der Waals surface area contributed by atoms with Crippen LogP contribution in [0.2, 0.25) is 0 Å². The van der Waals surface area contributed by atoms with Crippen molar-refractivity contribution in [2.75, 3.05) is 0 Å². The number of nitrogens with zero attached hydrogens (tertiary/aromatic N) is 1. The predicted molar refractivity (Wildman–Crippen MR) is 80.6 cm³/mol. The van der Waals surface area contributed by atoms with Crippen molar-refractivity contribution in [2.45, 2.75) is 32.9 Å². The smallest absolute Gasteiger partial charge is 0.407 e. The minimum atomic E-state index is -0.517. The second-order valence-electron chi connectivity index (χ2n) is 5.49. The summed E-state index contributed by atoms with van der Waals surface area (Å²) in [6, 6.07) is 6.16.